The van der Waals surface area contributed by atoms with Crippen molar-refractivity contribution in [2.45, 2.75) is 45.0 Å². The van der Waals surface area contributed by atoms with Gasteiger partial charge in [0, 0.05) is 11.7 Å². The smallest absolute Gasteiger partial charge is 0.327 e. The van der Waals surface area contributed by atoms with E-state index in [9.17, 15) is 14.7 Å². The van der Waals surface area contributed by atoms with Crippen molar-refractivity contribution in [3.05, 3.63) is 0 Å². The van der Waals surface area contributed by atoms with Crippen molar-refractivity contribution in [1.82, 2.24) is 4.90 Å². The summed E-state index contributed by atoms with van der Waals surface area (Å²) in [5.41, 5.74) is 5.46. The molecule has 1 heterocycles. The second kappa shape index (κ2) is 7.14. The summed E-state index contributed by atoms with van der Waals surface area (Å²) in [5, 5.41) is 9.23. The standard InChI is InChI=1S/C13H24N2O3S/c1-8(2)12-15(10(7-19-12)13(17)18)11(16)9(3)5-4-6-14/h8-10,12H,4-7,14H2,1-3H3,(H,17,18). The molecule has 5 nitrogen and oxygen atoms in total. The fourth-order valence-electron chi connectivity index (χ4n) is 2.31. The van der Waals surface area contributed by atoms with Crippen LogP contribution in [0.1, 0.15) is 33.6 Å². The summed E-state index contributed by atoms with van der Waals surface area (Å²) in [6.07, 6.45) is 1.51. The summed E-state index contributed by atoms with van der Waals surface area (Å²) in [6.45, 7) is 6.46. The van der Waals surface area contributed by atoms with E-state index in [1.165, 1.54) is 0 Å². The van der Waals surface area contributed by atoms with Gasteiger partial charge in [-0.3, -0.25) is 4.79 Å². The first-order valence-electron chi connectivity index (χ1n) is 6.76. The summed E-state index contributed by atoms with van der Waals surface area (Å²) < 4.78 is 0. The molecular formula is C13H24N2O3S. The summed E-state index contributed by atoms with van der Waals surface area (Å²) in [7, 11) is 0. The lowest BCUT2D eigenvalue weighted by Gasteiger charge is -2.32. The van der Waals surface area contributed by atoms with Crippen molar-refractivity contribution in [3.63, 3.8) is 0 Å². The SMILES string of the molecule is CC(CCCN)C(=O)N1C(C(=O)O)CSC1C(C)C. The third-order valence-corrected chi connectivity index (χ3v) is 5.03. The average Bonchev–Trinajstić information content (AvgIpc) is 2.79. The first kappa shape index (κ1) is 16.3. The molecule has 19 heavy (non-hydrogen) atoms. The molecule has 1 aliphatic heterocycles. The van der Waals surface area contributed by atoms with Crippen LogP contribution in [0.25, 0.3) is 0 Å². The molecule has 0 aliphatic carbocycles. The van der Waals surface area contributed by atoms with Gasteiger partial charge in [-0.15, -0.1) is 11.8 Å². The molecule has 110 valence electrons. The molecule has 6 heteroatoms. The quantitative estimate of drug-likeness (QED) is 0.771. The van der Waals surface area contributed by atoms with Gasteiger partial charge >= 0.3 is 5.97 Å². The topological polar surface area (TPSA) is 83.6 Å². The third-order valence-electron chi connectivity index (χ3n) is 3.41. The second-order valence-electron chi connectivity index (χ2n) is 5.40. The Hall–Kier alpha value is -0.750. The lowest BCUT2D eigenvalue weighted by Crippen LogP contribution is -2.49. The van der Waals surface area contributed by atoms with Gasteiger partial charge in [-0.05, 0) is 25.3 Å². The monoisotopic (exact) mass is 288 g/mol. The first-order chi connectivity index (χ1) is 8.90. The van der Waals surface area contributed by atoms with E-state index in [0.717, 1.165) is 6.42 Å². The van der Waals surface area contributed by atoms with Crippen LogP contribution in [-0.2, 0) is 9.59 Å². The van der Waals surface area contributed by atoms with E-state index in [0.29, 0.717) is 18.7 Å². The van der Waals surface area contributed by atoms with Crippen LogP contribution in [0.5, 0.6) is 0 Å². The maximum Gasteiger partial charge on any atom is 0.327 e. The lowest BCUT2D eigenvalue weighted by atomic mass is 10.0. The van der Waals surface area contributed by atoms with Gasteiger partial charge in [-0.25, -0.2) is 4.79 Å². The molecule has 1 amide bonds. The molecule has 1 rings (SSSR count). The van der Waals surface area contributed by atoms with Crippen LogP contribution in [-0.4, -0.2) is 45.6 Å². The number of carbonyl (C=O) groups is 2. The first-order valence-corrected chi connectivity index (χ1v) is 7.81. The average molecular weight is 288 g/mol. The van der Waals surface area contributed by atoms with Crippen molar-refractivity contribution in [2.75, 3.05) is 12.3 Å². The molecule has 3 N–H and O–H groups in total. The van der Waals surface area contributed by atoms with E-state index in [4.69, 9.17) is 5.73 Å². The lowest BCUT2D eigenvalue weighted by molar-refractivity contribution is -0.151. The van der Waals surface area contributed by atoms with Gasteiger partial charge in [0.05, 0.1) is 5.37 Å². The zero-order valence-electron chi connectivity index (χ0n) is 11.8. The number of amides is 1. The minimum atomic E-state index is -0.907. The maximum atomic E-state index is 12.5. The molecule has 0 aromatic carbocycles. The van der Waals surface area contributed by atoms with Crippen molar-refractivity contribution < 1.29 is 14.7 Å². The number of carboxylic acids is 1. The zero-order chi connectivity index (χ0) is 14.6. The molecule has 0 aromatic heterocycles. The highest BCUT2D eigenvalue weighted by Gasteiger charge is 2.43. The van der Waals surface area contributed by atoms with E-state index in [-0.39, 0.29) is 23.1 Å². The predicted molar refractivity (Wildman–Crippen MR) is 76.8 cm³/mol. The number of thioether (sulfide) groups is 1. The summed E-state index contributed by atoms with van der Waals surface area (Å²) in [5.74, 6) is -0.391. The van der Waals surface area contributed by atoms with Crippen LogP contribution in [0.4, 0.5) is 0 Å². The fraction of sp³-hybridized carbons (Fsp3) is 0.846. The second-order valence-corrected chi connectivity index (χ2v) is 6.55. The Kier molecular flexibility index (Phi) is 6.13. The minimum absolute atomic E-state index is 0.0334. The number of hydrogen-bond donors (Lipinski definition) is 2. The van der Waals surface area contributed by atoms with Crippen LogP contribution in [0, 0.1) is 11.8 Å². The number of carboxylic acid groups (broad SMARTS) is 1. The number of carbonyl (C=O) groups excluding carboxylic acids is 1. The maximum absolute atomic E-state index is 12.5. The van der Waals surface area contributed by atoms with Gasteiger partial charge in [0.25, 0.3) is 0 Å². The molecule has 1 saturated heterocycles. The van der Waals surface area contributed by atoms with Gasteiger partial charge in [0.2, 0.25) is 5.91 Å². The van der Waals surface area contributed by atoms with E-state index < -0.39 is 12.0 Å². The highest BCUT2D eigenvalue weighted by molar-refractivity contribution is 8.00. The number of rotatable bonds is 6. The molecule has 3 atom stereocenters. The van der Waals surface area contributed by atoms with Crippen LogP contribution in [0.2, 0.25) is 0 Å². The van der Waals surface area contributed by atoms with E-state index in [1.54, 1.807) is 16.7 Å². The number of nitrogens with zero attached hydrogens (tertiary/aromatic N) is 1. The van der Waals surface area contributed by atoms with E-state index in [1.807, 2.05) is 20.8 Å². The van der Waals surface area contributed by atoms with Gasteiger partial charge < -0.3 is 15.7 Å². The molecule has 0 bridgehead atoms. The Balaban J connectivity index is 2.83. The Labute approximate surface area is 118 Å². The molecule has 0 spiro atoms. The van der Waals surface area contributed by atoms with Gasteiger partial charge in [-0.2, -0.15) is 0 Å². The molecule has 1 fully saturated rings. The van der Waals surface area contributed by atoms with Gasteiger partial charge in [0.1, 0.15) is 6.04 Å². The number of aliphatic carboxylic acids is 1. The normalized spacial score (nSPS) is 24.8. The Bertz CT molecular complexity index is 336. The minimum Gasteiger partial charge on any atom is -0.480 e. The third kappa shape index (κ3) is 3.86. The highest BCUT2D eigenvalue weighted by Crippen LogP contribution is 2.35. The predicted octanol–water partition coefficient (Wildman–Crippen LogP) is 1.37. The van der Waals surface area contributed by atoms with Crippen LogP contribution >= 0.6 is 11.8 Å². The highest BCUT2D eigenvalue weighted by atomic mass is 32.2. The van der Waals surface area contributed by atoms with E-state index >= 15 is 0 Å². The van der Waals surface area contributed by atoms with Gasteiger partial charge in [0.15, 0.2) is 0 Å². The van der Waals surface area contributed by atoms with Crippen molar-refractivity contribution in [1.29, 1.82) is 0 Å². The molecule has 0 radical (unpaired) electrons. The van der Waals surface area contributed by atoms with Gasteiger partial charge in [-0.1, -0.05) is 20.8 Å². The Morgan fingerprint density at radius 3 is 2.53 bits per heavy atom. The fourth-order valence-corrected chi connectivity index (χ4v) is 3.79. The zero-order valence-corrected chi connectivity index (χ0v) is 12.7. The molecule has 1 aliphatic rings. The number of nitrogens with two attached hydrogens (primary N) is 1. The van der Waals surface area contributed by atoms with E-state index in [2.05, 4.69) is 0 Å². The van der Waals surface area contributed by atoms with Crippen molar-refractivity contribution in [3.8, 4) is 0 Å². The van der Waals surface area contributed by atoms with Crippen LogP contribution < -0.4 is 5.73 Å². The number of hydrogen-bond acceptors (Lipinski definition) is 4. The Morgan fingerprint density at radius 2 is 2.05 bits per heavy atom. The van der Waals surface area contributed by atoms with Crippen LogP contribution in [0.15, 0.2) is 0 Å². The molecule has 3 unspecified atom stereocenters. The van der Waals surface area contributed by atoms with Crippen LogP contribution in [0.3, 0.4) is 0 Å². The van der Waals surface area contributed by atoms with Crippen molar-refractivity contribution >= 4 is 23.6 Å². The summed E-state index contributed by atoms with van der Waals surface area (Å²) in [6, 6.07) is -0.690. The molecule has 0 saturated carbocycles. The summed E-state index contributed by atoms with van der Waals surface area (Å²) in [4.78, 5) is 25.4. The summed E-state index contributed by atoms with van der Waals surface area (Å²) >= 11 is 1.56. The Morgan fingerprint density at radius 1 is 1.42 bits per heavy atom. The molecule has 0 aromatic rings. The molecular weight excluding hydrogens is 264 g/mol. The van der Waals surface area contributed by atoms with Crippen molar-refractivity contribution in [2.24, 2.45) is 17.6 Å². The largest absolute Gasteiger partial charge is 0.480 e.